The smallest absolute Gasteiger partial charge is 0.222 e. The Balaban J connectivity index is 1.22. The van der Waals surface area contributed by atoms with Crippen LogP contribution in [0.4, 0.5) is 0 Å². The number of para-hydroxylation sites is 2. The van der Waals surface area contributed by atoms with Crippen LogP contribution in [0.5, 0.6) is 0 Å². The molecule has 3 N–H and O–H groups in total. The van der Waals surface area contributed by atoms with Gasteiger partial charge in [0.2, 0.25) is 5.91 Å². The Labute approximate surface area is 195 Å². The van der Waals surface area contributed by atoms with Crippen LogP contribution in [-0.2, 0) is 9.59 Å². The van der Waals surface area contributed by atoms with Gasteiger partial charge in [0, 0.05) is 56.7 Å². The lowest BCUT2D eigenvalue weighted by Crippen LogP contribution is -2.43. The molecule has 33 heavy (non-hydrogen) atoms. The standard InChI is InChI=1S/C26H35N5O2/c27-16-20(25-18-29-23-8-1-2-9-24(23)30-25)17-28-21-11-13-31(14-12-21)26(33)10-4-6-19-5-3-7-22(32)15-19/h1-2,8-9,17-19,21,28H,3-7,10-16,27H2/b20-17+. The van der Waals surface area contributed by atoms with Crippen molar-refractivity contribution in [3.8, 4) is 0 Å². The van der Waals surface area contributed by atoms with Gasteiger partial charge in [0.05, 0.1) is 22.9 Å². The molecule has 1 aromatic heterocycles. The monoisotopic (exact) mass is 449 g/mol. The molecule has 2 aliphatic rings. The first kappa shape index (κ1) is 23.4. The first-order valence-corrected chi connectivity index (χ1v) is 12.3. The van der Waals surface area contributed by atoms with Crippen LogP contribution in [0.1, 0.15) is 63.5 Å². The third-order valence-corrected chi connectivity index (χ3v) is 6.93. The van der Waals surface area contributed by atoms with E-state index in [1.54, 1.807) is 6.20 Å². The second kappa shape index (κ2) is 11.4. The maximum absolute atomic E-state index is 12.6. The van der Waals surface area contributed by atoms with E-state index in [1.807, 2.05) is 35.4 Å². The Kier molecular flexibility index (Phi) is 8.05. The minimum atomic E-state index is 0.250. The predicted octanol–water partition coefficient (Wildman–Crippen LogP) is 3.44. The van der Waals surface area contributed by atoms with E-state index in [9.17, 15) is 9.59 Å². The van der Waals surface area contributed by atoms with Gasteiger partial charge < -0.3 is 16.0 Å². The predicted molar refractivity (Wildman–Crippen MR) is 130 cm³/mol. The van der Waals surface area contributed by atoms with Gasteiger partial charge in [0.25, 0.3) is 0 Å². The molecule has 1 saturated heterocycles. The van der Waals surface area contributed by atoms with Gasteiger partial charge in [-0.2, -0.15) is 0 Å². The van der Waals surface area contributed by atoms with Crippen molar-refractivity contribution in [3.05, 3.63) is 42.4 Å². The number of amides is 1. The topological polar surface area (TPSA) is 101 Å². The number of fused-ring (bicyclic) bond motifs is 1. The number of likely N-dealkylation sites (tertiary alicyclic amines) is 1. The molecule has 1 aromatic carbocycles. The summed E-state index contributed by atoms with van der Waals surface area (Å²) in [5.74, 6) is 1.14. The number of nitrogens with two attached hydrogens (primary N) is 1. The molecule has 1 atom stereocenters. The minimum absolute atomic E-state index is 0.250. The van der Waals surface area contributed by atoms with E-state index in [4.69, 9.17) is 5.73 Å². The summed E-state index contributed by atoms with van der Waals surface area (Å²) in [6.45, 7) is 1.93. The van der Waals surface area contributed by atoms with E-state index < -0.39 is 0 Å². The van der Waals surface area contributed by atoms with Gasteiger partial charge in [-0.25, -0.2) is 4.98 Å². The van der Waals surface area contributed by atoms with E-state index in [2.05, 4.69) is 15.3 Å². The van der Waals surface area contributed by atoms with Crippen LogP contribution in [0.2, 0.25) is 0 Å². The molecule has 1 aliphatic heterocycles. The van der Waals surface area contributed by atoms with Gasteiger partial charge in [-0.3, -0.25) is 14.6 Å². The number of carbonyl (C=O) groups excluding carboxylic acids is 2. The quantitative estimate of drug-likeness (QED) is 0.640. The van der Waals surface area contributed by atoms with E-state index in [0.717, 1.165) is 80.3 Å². The summed E-state index contributed by atoms with van der Waals surface area (Å²) in [6, 6.07) is 8.12. The number of hydrogen-bond donors (Lipinski definition) is 2. The fourth-order valence-corrected chi connectivity index (χ4v) is 4.92. The third kappa shape index (κ3) is 6.38. The van der Waals surface area contributed by atoms with Gasteiger partial charge in [-0.05, 0) is 56.6 Å². The molecule has 0 radical (unpaired) electrons. The van der Waals surface area contributed by atoms with Crippen LogP contribution in [0.15, 0.2) is 36.7 Å². The van der Waals surface area contributed by atoms with Crippen molar-refractivity contribution in [1.82, 2.24) is 20.2 Å². The molecule has 176 valence electrons. The lowest BCUT2D eigenvalue weighted by Gasteiger charge is -2.32. The molecular weight excluding hydrogens is 414 g/mol. The molecule has 2 heterocycles. The highest BCUT2D eigenvalue weighted by atomic mass is 16.2. The van der Waals surface area contributed by atoms with E-state index in [1.165, 1.54) is 0 Å². The number of aromatic nitrogens is 2. The molecule has 0 spiro atoms. The average molecular weight is 450 g/mol. The van der Waals surface area contributed by atoms with Crippen molar-refractivity contribution in [2.24, 2.45) is 11.7 Å². The summed E-state index contributed by atoms with van der Waals surface area (Å²) in [5, 5.41) is 3.49. The zero-order valence-electron chi connectivity index (χ0n) is 19.3. The molecular formula is C26H35N5O2. The van der Waals surface area contributed by atoms with Crippen molar-refractivity contribution >= 4 is 28.3 Å². The van der Waals surface area contributed by atoms with Crippen LogP contribution in [0.3, 0.4) is 0 Å². The highest BCUT2D eigenvalue weighted by Gasteiger charge is 2.23. The number of benzene rings is 1. The lowest BCUT2D eigenvalue weighted by atomic mass is 9.85. The van der Waals surface area contributed by atoms with Crippen LogP contribution in [0, 0.1) is 5.92 Å². The maximum atomic E-state index is 12.6. The molecule has 0 bridgehead atoms. The lowest BCUT2D eigenvalue weighted by molar-refractivity contribution is -0.132. The maximum Gasteiger partial charge on any atom is 0.222 e. The Hall–Kier alpha value is -2.80. The SMILES string of the molecule is NC/C(=C\NC1CCN(C(=O)CCCC2CCCC(=O)C2)CC1)c1cnc2ccccc2n1. The van der Waals surface area contributed by atoms with E-state index in [-0.39, 0.29) is 5.91 Å². The summed E-state index contributed by atoms with van der Waals surface area (Å²) in [4.78, 5) is 35.4. The molecule has 1 aliphatic carbocycles. The zero-order valence-corrected chi connectivity index (χ0v) is 19.3. The van der Waals surface area contributed by atoms with E-state index >= 15 is 0 Å². The van der Waals surface area contributed by atoms with Crippen molar-refractivity contribution in [1.29, 1.82) is 0 Å². The first-order chi connectivity index (χ1) is 16.1. The Morgan fingerprint density at radius 1 is 1.18 bits per heavy atom. The number of ketones is 1. The van der Waals surface area contributed by atoms with E-state index in [0.29, 0.717) is 37.1 Å². The van der Waals surface area contributed by atoms with Crippen LogP contribution in [0.25, 0.3) is 16.6 Å². The average Bonchev–Trinajstić information content (AvgIpc) is 2.84. The Bertz CT molecular complexity index is 997. The second-order valence-corrected chi connectivity index (χ2v) is 9.33. The number of rotatable bonds is 8. The van der Waals surface area contributed by atoms with Crippen LogP contribution >= 0.6 is 0 Å². The normalized spacial score (nSPS) is 20.3. The molecule has 4 rings (SSSR count). The summed E-state index contributed by atoms with van der Waals surface area (Å²) >= 11 is 0. The third-order valence-electron chi connectivity index (χ3n) is 6.93. The molecule has 1 unspecified atom stereocenters. The van der Waals surface area contributed by atoms with Gasteiger partial charge in [-0.15, -0.1) is 0 Å². The molecule has 7 heteroatoms. The minimum Gasteiger partial charge on any atom is -0.388 e. The molecule has 2 fully saturated rings. The second-order valence-electron chi connectivity index (χ2n) is 9.33. The van der Waals surface area contributed by atoms with Crippen molar-refractivity contribution in [2.45, 2.75) is 63.8 Å². The summed E-state index contributed by atoms with van der Waals surface area (Å²) in [5.41, 5.74) is 9.43. The molecule has 7 nitrogen and oxygen atoms in total. The number of nitrogens with one attached hydrogen (secondary N) is 1. The Morgan fingerprint density at radius 2 is 1.97 bits per heavy atom. The number of carbonyl (C=O) groups is 2. The fourth-order valence-electron chi connectivity index (χ4n) is 4.92. The molecule has 1 amide bonds. The van der Waals surface area contributed by atoms with Gasteiger partial charge in [0.15, 0.2) is 0 Å². The van der Waals surface area contributed by atoms with Crippen LogP contribution < -0.4 is 11.1 Å². The largest absolute Gasteiger partial charge is 0.388 e. The van der Waals surface area contributed by atoms with Crippen LogP contribution in [-0.4, -0.2) is 52.2 Å². The Morgan fingerprint density at radius 3 is 2.73 bits per heavy atom. The summed E-state index contributed by atoms with van der Waals surface area (Å²) in [6.07, 6.45) is 11.7. The number of hydrogen-bond acceptors (Lipinski definition) is 6. The highest BCUT2D eigenvalue weighted by molar-refractivity contribution is 5.79. The number of nitrogens with zero attached hydrogens (tertiary/aromatic N) is 3. The number of piperidine rings is 1. The first-order valence-electron chi connectivity index (χ1n) is 12.3. The number of Topliss-reactive ketones (excluding diaryl/α,β-unsaturated/α-hetero) is 1. The molecule has 2 aromatic rings. The summed E-state index contributed by atoms with van der Waals surface area (Å²) < 4.78 is 0. The zero-order chi connectivity index (χ0) is 23.0. The summed E-state index contributed by atoms with van der Waals surface area (Å²) in [7, 11) is 0. The van der Waals surface area contributed by atoms with Crippen molar-refractivity contribution in [2.75, 3.05) is 19.6 Å². The van der Waals surface area contributed by atoms with Gasteiger partial charge in [-0.1, -0.05) is 12.1 Å². The fraction of sp³-hybridized carbons (Fsp3) is 0.538. The van der Waals surface area contributed by atoms with Crippen molar-refractivity contribution in [3.63, 3.8) is 0 Å². The van der Waals surface area contributed by atoms with Gasteiger partial charge in [0.1, 0.15) is 5.78 Å². The molecule has 1 saturated carbocycles. The highest BCUT2D eigenvalue weighted by Crippen LogP contribution is 2.26. The van der Waals surface area contributed by atoms with Crippen molar-refractivity contribution < 1.29 is 9.59 Å². The van der Waals surface area contributed by atoms with Gasteiger partial charge >= 0.3 is 0 Å².